The summed E-state index contributed by atoms with van der Waals surface area (Å²) in [5.41, 5.74) is 1.03. The number of thiazole rings is 1. The van der Waals surface area contributed by atoms with Gasteiger partial charge in [-0.2, -0.15) is 0 Å². The van der Waals surface area contributed by atoms with Crippen molar-refractivity contribution in [3.8, 4) is 0 Å². The van der Waals surface area contributed by atoms with E-state index < -0.39 is 5.82 Å². The molecule has 1 saturated carbocycles. The highest BCUT2D eigenvalue weighted by Crippen LogP contribution is 2.48. The molecule has 180 valence electrons. The summed E-state index contributed by atoms with van der Waals surface area (Å²) in [5.74, 6) is 0.213. The molecule has 1 amide bonds. The Labute approximate surface area is 207 Å². The van der Waals surface area contributed by atoms with E-state index in [1.807, 2.05) is 11.2 Å². The van der Waals surface area contributed by atoms with Crippen LogP contribution in [0, 0.1) is 17.2 Å². The van der Waals surface area contributed by atoms with Gasteiger partial charge in [0.25, 0.3) is 5.91 Å². The lowest BCUT2D eigenvalue weighted by Gasteiger charge is -2.37. The molecular weight excluding hydrogens is 471 g/mol. The predicted octanol–water partition coefficient (Wildman–Crippen LogP) is 5.12. The van der Waals surface area contributed by atoms with Crippen LogP contribution in [0.1, 0.15) is 43.0 Å². The van der Waals surface area contributed by atoms with E-state index >= 15 is 0 Å². The highest BCUT2D eigenvalue weighted by atomic mass is 32.2. The summed E-state index contributed by atoms with van der Waals surface area (Å²) >= 11 is 3.06. The zero-order valence-electron chi connectivity index (χ0n) is 19.4. The number of likely N-dealkylation sites (tertiary alicyclic amines) is 1. The van der Waals surface area contributed by atoms with Crippen molar-refractivity contribution in [3.63, 3.8) is 0 Å². The molecule has 1 aliphatic heterocycles. The molecule has 3 heterocycles. The fourth-order valence-corrected chi connectivity index (χ4v) is 5.87. The molecule has 2 N–H and O–H groups in total. The lowest BCUT2D eigenvalue weighted by molar-refractivity contribution is 0.0728. The minimum absolute atomic E-state index is 0.157. The first-order chi connectivity index (χ1) is 16.4. The van der Waals surface area contributed by atoms with Crippen molar-refractivity contribution >= 4 is 50.3 Å². The number of aromatic nitrogens is 3. The van der Waals surface area contributed by atoms with Crippen LogP contribution in [0.5, 0.6) is 0 Å². The maximum Gasteiger partial charge on any atom is 0.256 e. The van der Waals surface area contributed by atoms with E-state index in [2.05, 4.69) is 32.5 Å². The maximum absolute atomic E-state index is 14.8. The number of nitrogens with one attached hydrogen (secondary N) is 2. The first-order valence-electron chi connectivity index (χ1n) is 11.7. The quantitative estimate of drug-likeness (QED) is 0.415. The monoisotopic (exact) mass is 500 g/mol. The maximum atomic E-state index is 14.8. The first-order valence-corrected chi connectivity index (χ1v) is 13.7. The molecule has 1 aliphatic carbocycles. The van der Waals surface area contributed by atoms with Gasteiger partial charge in [0, 0.05) is 49.5 Å². The Bertz CT molecular complexity index is 1180. The Hall–Kier alpha value is -2.46. The van der Waals surface area contributed by atoms with Gasteiger partial charge in [0.2, 0.25) is 5.95 Å². The van der Waals surface area contributed by atoms with Crippen LogP contribution in [0.2, 0.25) is 0 Å². The highest BCUT2D eigenvalue weighted by molar-refractivity contribution is 7.98. The molecule has 7 nitrogen and oxygen atoms in total. The van der Waals surface area contributed by atoms with E-state index in [4.69, 9.17) is 0 Å². The number of halogens is 1. The fourth-order valence-electron chi connectivity index (χ4n) is 4.66. The van der Waals surface area contributed by atoms with Crippen molar-refractivity contribution in [3.05, 3.63) is 35.9 Å². The van der Waals surface area contributed by atoms with Crippen molar-refractivity contribution < 1.29 is 9.18 Å². The lowest BCUT2D eigenvalue weighted by atomic mass is 9.68. The van der Waals surface area contributed by atoms with Gasteiger partial charge in [-0.1, -0.05) is 24.7 Å². The molecule has 1 atom stereocenters. The Morgan fingerprint density at radius 1 is 1.24 bits per heavy atom. The molecule has 1 aromatic carbocycles. The molecule has 2 aliphatic rings. The van der Waals surface area contributed by atoms with Crippen molar-refractivity contribution in [1.82, 2.24) is 19.9 Å². The van der Waals surface area contributed by atoms with Crippen LogP contribution in [0.4, 0.5) is 15.5 Å². The topological polar surface area (TPSA) is 83.0 Å². The SMILES string of the molecule is CSc1cnc(NC[C@H](C)CNc2nc3cc(F)c(C(=O)N4CCC5(CCC5)C4)cc3s2)nc1. The Balaban J connectivity index is 1.19. The van der Waals surface area contributed by atoms with Gasteiger partial charge in [-0.3, -0.25) is 4.79 Å². The van der Waals surface area contributed by atoms with E-state index in [1.165, 1.54) is 36.7 Å². The molecule has 0 bridgehead atoms. The molecule has 1 saturated heterocycles. The van der Waals surface area contributed by atoms with Crippen LogP contribution in [0.3, 0.4) is 0 Å². The number of rotatable bonds is 8. The summed E-state index contributed by atoms with van der Waals surface area (Å²) in [7, 11) is 0. The van der Waals surface area contributed by atoms with Crippen LogP contribution in [-0.4, -0.2) is 58.2 Å². The standard InChI is InChI=1S/C24H29FN6OS2/c1-15(10-26-22-27-12-16(33-2)13-28-22)11-29-23-30-19-9-18(25)17(8-20(19)34-23)21(32)31-7-6-24(14-31)4-3-5-24/h8-9,12-13,15H,3-7,10-11,14H2,1-2H3,(H,29,30)(H,26,27,28)/t15-/m0/s1. The zero-order chi connectivity index (χ0) is 23.7. The van der Waals surface area contributed by atoms with Crippen molar-refractivity contribution in [2.75, 3.05) is 43.1 Å². The van der Waals surface area contributed by atoms with Gasteiger partial charge in [0.05, 0.1) is 15.8 Å². The van der Waals surface area contributed by atoms with Crippen LogP contribution in [0.15, 0.2) is 29.4 Å². The average Bonchev–Trinajstić information content (AvgIpc) is 3.45. The second-order valence-electron chi connectivity index (χ2n) is 9.46. The largest absolute Gasteiger partial charge is 0.361 e. The molecule has 10 heteroatoms. The lowest BCUT2D eigenvalue weighted by Crippen LogP contribution is -2.36. The molecule has 5 rings (SSSR count). The number of benzene rings is 1. The van der Waals surface area contributed by atoms with E-state index in [9.17, 15) is 9.18 Å². The minimum Gasteiger partial charge on any atom is -0.361 e. The smallest absolute Gasteiger partial charge is 0.256 e. The van der Waals surface area contributed by atoms with Gasteiger partial charge in [0.15, 0.2) is 5.13 Å². The van der Waals surface area contributed by atoms with E-state index in [0.29, 0.717) is 35.9 Å². The summed E-state index contributed by atoms with van der Waals surface area (Å²) in [5, 5.41) is 7.31. The first kappa shape index (κ1) is 23.3. The van der Waals surface area contributed by atoms with E-state index in [-0.39, 0.29) is 11.5 Å². The van der Waals surface area contributed by atoms with Crippen LogP contribution < -0.4 is 10.6 Å². The number of hydrogen-bond acceptors (Lipinski definition) is 8. The second kappa shape index (κ2) is 9.65. The molecule has 2 fully saturated rings. The molecule has 34 heavy (non-hydrogen) atoms. The number of hydrogen-bond donors (Lipinski definition) is 2. The third-order valence-corrected chi connectivity index (χ3v) is 8.58. The summed E-state index contributed by atoms with van der Waals surface area (Å²) in [4.78, 5) is 29.0. The van der Waals surface area contributed by atoms with Crippen LogP contribution in [0.25, 0.3) is 10.2 Å². The second-order valence-corrected chi connectivity index (χ2v) is 11.4. The summed E-state index contributed by atoms with van der Waals surface area (Å²) in [6.07, 6.45) is 10.3. The predicted molar refractivity (Wildman–Crippen MR) is 136 cm³/mol. The van der Waals surface area contributed by atoms with E-state index in [0.717, 1.165) is 34.2 Å². The Morgan fingerprint density at radius 2 is 2.00 bits per heavy atom. The number of carbonyl (C=O) groups excluding carboxylic acids is 1. The summed E-state index contributed by atoms with van der Waals surface area (Å²) in [6, 6.07) is 3.06. The molecular formula is C24H29FN6OS2. The van der Waals surface area contributed by atoms with E-state index in [1.54, 1.807) is 30.2 Å². The summed E-state index contributed by atoms with van der Waals surface area (Å²) < 4.78 is 15.6. The van der Waals surface area contributed by atoms with Crippen molar-refractivity contribution in [2.45, 2.75) is 37.5 Å². The molecule has 0 radical (unpaired) electrons. The minimum atomic E-state index is -0.492. The van der Waals surface area contributed by atoms with Gasteiger partial charge < -0.3 is 15.5 Å². The Morgan fingerprint density at radius 3 is 2.68 bits per heavy atom. The number of thioether (sulfide) groups is 1. The number of amides is 1. The van der Waals surface area contributed by atoms with Gasteiger partial charge in [-0.05, 0) is 42.9 Å². The number of fused-ring (bicyclic) bond motifs is 1. The zero-order valence-corrected chi connectivity index (χ0v) is 21.1. The Kier molecular flexibility index (Phi) is 6.61. The number of carbonyl (C=O) groups is 1. The highest BCUT2D eigenvalue weighted by Gasteiger charge is 2.44. The van der Waals surface area contributed by atoms with Crippen molar-refractivity contribution in [2.24, 2.45) is 11.3 Å². The fraction of sp³-hybridized carbons (Fsp3) is 0.500. The third kappa shape index (κ3) is 4.84. The van der Waals surface area contributed by atoms with Crippen molar-refractivity contribution in [1.29, 1.82) is 0 Å². The van der Waals surface area contributed by atoms with Gasteiger partial charge in [-0.25, -0.2) is 19.3 Å². The van der Waals surface area contributed by atoms with Gasteiger partial charge >= 0.3 is 0 Å². The van der Waals surface area contributed by atoms with Gasteiger partial charge in [-0.15, -0.1) is 11.8 Å². The molecule has 1 spiro atoms. The van der Waals surface area contributed by atoms with Crippen LogP contribution in [-0.2, 0) is 0 Å². The molecule has 2 aromatic heterocycles. The molecule has 0 unspecified atom stereocenters. The normalized spacial score (nSPS) is 17.7. The van der Waals surface area contributed by atoms with Crippen LogP contribution >= 0.6 is 23.1 Å². The third-order valence-electron chi connectivity index (χ3n) is 6.92. The average molecular weight is 501 g/mol. The number of anilines is 2. The van der Waals surface area contributed by atoms with Gasteiger partial charge in [0.1, 0.15) is 5.82 Å². The molecule has 3 aromatic rings. The number of nitrogens with zero attached hydrogens (tertiary/aromatic N) is 4. The summed E-state index contributed by atoms with van der Waals surface area (Å²) in [6.45, 7) is 5.01.